The number of hydrogen-bond donors (Lipinski definition) is 0. The molecule has 5 nitrogen and oxygen atoms in total. The smallest absolute Gasteiger partial charge is 0.236 e. The van der Waals surface area contributed by atoms with Crippen molar-refractivity contribution in [3.05, 3.63) is 11.6 Å². The Bertz CT molecular complexity index is 448. The molecule has 21 heavy (non-hydrogen) atoms. The third-order valence-corrected chi connectivity index (χ3v) is 5.39. The fourth-order valence-electron chi connectivity index (χ4n) is 3.02. The van der Waals surface area contributed by atoms with E-state index in [1.54, 1.807) is 11.3 Å². The summed E-state index contributed by atoms with van der Waals surface area (Å²) in [4.78, 5) is 23.3. The summed E-state index contributed by atoms with van der Waals surface area (Å²) in [5.74, 6) is 1.08. The van der Waals surface area contributed by atoms with Crippen LogP contribution < -0.4 is 4.90 Å². The Morgan fingerprint density at radius 3 is 2.57 bits per heavy atom. The van der Waals surface area contributed by atoms with Crippen molar-refractivity contribution in [2.24, 2.45) is 5.92 Å². The molecule has 2 aliphatic heterocycles. The summed E-state index contributed by atoms with van der Waals surface area (Å²) < 4.78 is 0. The van der Waals surface area contributed by atoms with Gasteiger partial charge in [-0.25, -0.2) is 4.98 Å². The van der Waals surface area contributed by atoms with Crippen LogP contribution in [0.1, 0.15) is 19.8 Å². The molecule has 2 saturated heterocycles. The lowest BCUT2D eigenvalue weighted by molar-refractivity contribution is -0.133. The van der Waals surface area contributed by atoms with E-state index in [1.807, 2.05) is 16.5 Å². The minimum Gasteiger partial charge on any atom is -0.346 e. The first-order valence-corrected chi connectivity index (χ1v) is 8.75. The molecule has 2 aliphatic rings. The summed E-state index contributed by atoms with van der Waals surface area (Å²) in [5, 5.41) is 3.12. The quantitative estimate of drug-likeness (QED) is 0.849. The Morgan fingerprint density at radius 2 is 1.95 bits per heavy atom. The second kappa shape index (κ2) is 6.75. The summed E-state index contributed by atoms with van der Waals surface area (Å²) in [6.07, 6.45) is 4.17. The highest BCUT2D eigenvalue weighted by Gasteiger charge is 2.24. The molecule has 116 valence electrons. The molecule has 1 aromatic heterocycles. The van der Waals surface area contributed by atoms with Crippen LogP contribution in [0.4, 0.5) is 5.13 Å². The van der Waals surface area contributed by atoms with Gasteiger partial charge in [0.2, 0.25) is 5.91 Å². The highest BCUT2D eigenvalue weighted by atomic mass is 32.1. The van der Waals surface area contributed by atoms with E-state index in [-0.39, 0.29) is 0 Å². The van der Waals surface area contributed by atoms with Crippen molar-refractivity contribution >= 4 is 22.4 Å². The van der Waals surface area contributed by atoms with Gasteiger partial charge in [0.15, 0.2) is 5.13 Å². The number of rotatable bonds is 3. The molecule has 0 aromatic carbocycles. The summed E-state index contributed by atoms with van der Waals surface area (Å²) in [6.45, 7) is 8.60. The average Bonchev–Trinajstić information content (AvgIpc) is 3.03. The average molecular weight is 308 g/mol. The highest BCUT2D eigenvalue weighted by molar-refractivity contribution is 7.13. The van der Waals surface area contributed by atoms with E-state index in [0.29, 0.717) is 12.5 Å². The van der Waals surface area contributed by atoms with Gasteiger partial charge in [-0.15, -0.1) is 11.3 Å². The van der Waals surface area contributed by atoms with Crippen LogP contribution in [0.5, 0.6) is 0 Å². The molecule has 3 heterocycles. The van der Waals surface area contributed by atoms with Crippen molar-refractivity contribution in [3.8, 4) is 0 Å². The fourth-order valence-corrected chi connectivity index (χ4v) is 3.72. The molecule has 2 fully saturated rings. The predicted molar refractivity (Wildman–Crippen MR) is 85.7 cm³/mol. The van der Waals surface area contributed by atoms with Crippen LogP contribution in [0.3, 0.4) is 0 Å². The molecule has 3 rings (SSSR count). The van der Waals surface area contributed by atoms with Crippen molar-refractivity contribution in [3.63, 3.8) is 0 Å². The molecule has 0 bridgehead atoms. The van der Waals surface area contributed by atoms with Crippen LogP contribution in [0.2, 0.25) is 0 Å². The molecule has 0 spiro atoms. The van der Waals surface area contributed by atoms with Gasteiger partial charge in [-0.05, 0) is 18.8 Å². The molecule has 0 aliphatic carbocycles. The summed E-state index contributed by atoms with van der Waals surface area (Å²) in [7, 11) is 0. The molecule has 0 radical (unpaired) electrons. The van der Waals surface area contributed by atoms with Crippen LogP contribution in [0, 0.1) is 5.92 Å². The zero-order valence-electron chi connectivity index (χ0n) is 12.7. The normalized spacial score (nSPS) is 21.8. The standard InChI is InChI=1S/C15H24N4OS/c1-13-2-5-18(6-3-13)14(20)12-17-7-9-19(10-8-17)15-16-4-11-21-15/h4,11,13H,2-3,5-10,12H2,1H3. The number of carbonyl (C=O) groups is 1. The third kappa shape index (κ3) is 3.74. The molecule has 6 heteroatoms. The van der Waals surface area contributed by atoms with Crippen molar-refractivity contribution in [1.29, 1.82) is 0 Å². The van der Waals surface area contributed by atoms with E-state index in [0.717, 1.165) is 63.2 Å². The summed E-state index contributed by atoms with van der Waals surface area (Å²) >= 11 is 1.69. The lowest BCUT2D eigenvalue weighted by atomic mass is 9.99. The van der Waals surface area contributed by atoms with Gasteiger partial charge in [0.1, 0.15) is 0 Å². The molecule has 0 N–H and O–H groups in total. The van der Waals surface area contributed by atoms with E-state index < -0.39 is 0 Å². The number of carbonyl (C=O) groups excluding carboxylic acids is 1. The molecule has 0 atom stereocenters. The molecule has 1 aromatic rings. The first-order valence-electron chi connectivity index (χ1n) is 7.87. The van der Waals surface area contributed by atoms with Crippen LogP contribution in [0.25, 0.3) is 0 Å². The molecule has 0 unspecified atom stereocenters. The second-order valence-electron chi connectivity index (χ2n) is 6.14. The summed E-state index contributed by atoms with van der Waals surface area (Å²) in [6, 6.07) is 0. The number of thiazole rings is 1. The monoisotopic (exact) mass is 308 g/mol. The topological polar surface area (TPSA) is 39.7 Å². The van der Waals surface area contributed by atoms with Gasteiger partial charge in [-0.3, -0.25) is 9.69 Å². The van der Waals surface area contributed by atoms with Crippen molar-refractivity contribution in [2.45, 2.75) is 19.8 Å². The SMILES string of the molecule is CC1CCN(C(=O)CN2CCN(c3nccs3)CC2)CC1. The van der Waals surface area contributed by atoms with Crippen LogP contribution in [-0.2, 0) is 4.79 Å². The van der Waals surface area contributed by atoms with Gasteiger partial charge >= 0.3 is 0 Å². The highest BCUT2D eigenvalue weighted by Crippen LogP contribution is 2.19. The van der Waals surface area contributed by atoms with E-state index >= 15 is 0 Å². The maximum absolute atomic E-state index is 12.3. The Hall–Kier alpha value is -1.14. The number of hydrogen-bond acceptors (Lipinski definition) is 5. The zero-order chi connectivity index (χ0) is 14.7. The van der Waals surface area contributed by atoms with E-state index in [1.165, 1.54) is 0 Å². The van der Waals surface area contributed by atoms with Crippen LogP contribution >= 0.6 is 11.3 Å². The largest absolute Gasteiger partial charge is 0.346 e. The number of amides is 1. The Labute approximate surface area is 130 Å². The van der Waals surface area contributed by atoms with Crippen molar-refractivity contribution in [2.75, 3.05) is 50.7 Å². The first-order chi connectivity index (χ1) is 10.2. The minimum atomic E-state index is 0.310. The second-order valence-corrected chi connectivity index (χ2v) is 7.01. The Balaban J connectivity index is 1.44. The summed E-state index contributed by atoms with van der Waals surface area (Å²) in [5.41, 5.74) is 0. The fraction of sp³-hybridized carbons (Fsp3) is 0.733. The minimum absolute atomic E-state index is 0.310. The number of aromatic nitrogens is 1. The number of piperidine rings is 1. The Morgan fingerprint density at radius 1 is 1.24 bits per heavy atom. The maximum Gasteiger partial charge on any atom is 0.236 e. The number of nitrogens with zero attached hydrogens (tertiary/aromatic N) is 4. The van der Waals surface area contributed by atoms with E-state index in [4.69, 9.17) is 0 Å². The van der Waals surface area contributed by atoms with Crippen LogP contribution in [0.15, 0.2) is 11.6 Å². The number of likely N-dealkylation sites (tertiary alicyclic amines) is 1. The van der Waals surface area contributed by atoms with Crippen molar-refractivity contribution in [1.82, 2.24) is 14.8 Å². The lowest BCUT2D eigenvalue weighted by Gasteiger charge is -2.36. The molecular weight excluding hydrogens is 284 g/mol. The van der Waals surface area contributed by atoms with E-state index in [2.05, 4.69) is 21.7 Å². The van der Waals surface area contributed by atoms with Crippen molar-refractivity contribution < 1.29 is 4.79 Å². The predicted octanol–water partition coefficient (Wildman–Crippen LogP) is 1.52. The molecular formula is C15H24N4OS. The zero-order valence-corrected chi connectivity index (χ0v) is 13.5. The lowest BCUT2D eigenvalue weighted by Crippen LogP contribution is -2.51. The van der Waals surface area contributed by atoms with Gasteiger partial charge in [-0.1, -0.05) is 6.92 Å². The van der Waals surface area contributed by atoms with Crippen LogP contribution in [-0.4, -0.2) is 66.5 Å². The first kappa shape index (κ1) is 14.8. The Kier molecular flexibility index (Phi) is 4.75. The van der Waals surface area contributed by atoms with E-state index in [9.17, 15) is 4.79 Å². The maximum atomic E-state index is 12.3. The van der Waals surface area contributed by atoms with Gasteiger partial charge in [-0.2, -0.15) is 0 Å². The van der Waals surface area contributed by atoms with Gasteiger partial charge < -0.3 is 9.80 Å². The third-order valence-electron chi connectivity index (χ3n) is 4.56. The molecule has 1 amide bonds. The van der Waals surface area contributed by atoms with Gasteiger partial charge in [0.05, 0.1) is 6.54 Å². The van der Waals surface area contributed by atoms with Gasteiger partial charge in [0, 0.05) is 50.8 Å². The number of anilines is 1. The molecule has 0 saturated carbocycles. The van der Waals surface area contributed by atoms with Gasteiger partial charge in [0.25, 0.3) is 0 Å². The number of piperazine rings is 1.